The Kier molecular flexibility index (Phi) is 6.97. The van der Waals surface area contributed by atoms with Crippen LogP contribution in [0, 0.1) is 5.82 Å². The van der Waals surface area contributed by atoms with Crippen LogP contribution in [0.3, 0.4) is 0 Å². The first-order valence-corrected chi connectivity index (χ1v) is 6.75. The SMILES string of the molecule is CN(C)CCOCCNC(=O)c1ccc(Br)cc1F. The van der Waals surface area contributed by atoms with Gasteiger partial charge in [0.25, 0.3) is 5.91 Å². The van der Waals surface area contributed by atoms with Crippen molar-refractivity contribution in [2.75, 3.05) is 40.4 Å². The van der Waals surface area contributed by atoms with Gasteiger partial charge in [-0.05, 0) is 32.3 Å². The van der Waals surface area contributed by atoms with Gasteiger partial charge in [-0.25, -0.2) is 4.39 Å². The van der Waals surface area contributed by atoms with E-state index in [1.54, 1.807) is 6.07 Å². The number of rotatable bonds is 7. The molecule has 4 nitrogen and oxygen atoms in total. The minimum Gasteiger partial charge on any atom is -0.378 e. The lowest BCUT2D eigenvalue weighted by Gasteiger charge is -2.10. The number of hydrogen-bond acceptors (Lipinski definition) is 3. The van der Waals surface area contributed by atoms with Crippen molar-refractivity contribution in [1.29, 1.82) is 0 Å². The summed E-state index contributed by atoms with van der Waals surface area (Å²) in [5, 5.41) is 2.61. The fraction of sp³-hybridized carbons (Fsp3) is 0.462. The number of nitrogens with one attached hydrogen (secondary N) is 1. The molecule has 0 aliphatic rings. The predicted molar refractivity (Wildman–Crippen MR) is 75.8 cm³/mol. The van der Waals surface area contributed by atoms with Crippen LogP contribution in [0.15, 0.2) is 22.7 Å². The summed E-state index contributed by atoms with van der Waals surface area (Å²) < 4.78 is 19.4. The number of benzene rings is 1. The molecule has 0 saturated carbocycles. The predicted octanol–water partition coefficient (Wildman–Crippen LogP) is 1.90. The lowest BCUT2D eigenvalue weighted by atomic mass is 10.2. The number of nitrogens with zero attached hydrogens (tertiary/aromatic N) is 1. The quantitative estimate of drug-likeness (QED) is 0.775. The lowest BCUT2D eigenvalue weighted by Crippen LogP contribution is -2.29. The Morgan fingerprint density at radius 1 is 1.42 bits per heavy atom. The minimum absolute atomic E-state index is 0.0384. The zero-order chi connectivity index (χ0) is 14.3. The van der Waals surface area contributed by atoms with Gasteiger partial charge < -0.3 is 15.0 Å². The van der Waals surface area contributed by atoms with E-state index in [2.05, 4.69) is 21.2 Å². The first kappa shape index (κ1) is 16.1. The number of likely N-dealkylation sites (N-methyl/N-ethyl adjacent to an activating group) is 1. The van der Waals surface area contributed by atoms with Crippen LogP contribution in [0.1, 0.15) is 10.4 Å². The Balaban J connectivity index is 2.28. The monoisotopic (exact) mass is 332 g/mol. The van der Waals surface area contributed by atoms with E-state index in [1.807, 2.05) is 19.0 Å². The van der Waals surface area contributed by atoms with Gasteiger partial charge in [0.15, 0.2) is 0 Å². The van der Waals surface area contributed by atoms with Crippen LogP contribution in [0.5, 0.6) is 0 Å². The summed E-state index contributed by atoms with van der Waals surface area (Å²) >= 11 is 3.14. The van der Waals surface area contributed by atoms with Crippen LogP contribution in [0.2, 0.25) is 0 Å². The number of carbonyl (C=O) groups excluding carboxylic acids is 1. The average Bonchev–Trinajstić information content (AvgIpc) is 2.32. The zero-order valence-electron chi connectivity index (χ0n) is 11.1. The number of carbonyl (C=O) groups is 1. The van der Waals surface area contributed by atoms with E-state index >= 15 is 0 Å². The van der Waals surface area contributed by atoms with Gasteiger partial charge in [0.1, 0.15) is 5.82 Å². The summed E-state index contributed by atoms with van der Waals surface area (Å²) in [6.07, 6.45) is 0. The molecule has 0 radical (unpaired) electrons. The molecule has 1 rings (SSSR count). The summed E-state index contributed by atoms with van der Waals surface area (Å²) in [6.45, 7) is 2.21. The van der Waals surface area contributed by atoms with Crippen molar-refractivity contribution < 1.29 is 13.9 Å². The fourth-order valence-electron chi connectivity index (χ4n) is 1.35. The minimum atomic E-state index is -0.541. The number of hydrogen-bond donors (Lipinski definition) is 1. The molecule has 0 aliphatic carbocycles. The van der Waals surface area contributed by atoms with E-state index in [-0.39, 0.29) is 5.56 Å². The van der Waals surface area contributed by atoms with E-state index in [0.29, 0.717) is 24.2 Å². The molecule has 106 valence electrons. The molecule has 0 aliphatic heterocycles. The smallest absolute Gasteiger partial charge is 0.254 e. The van der Waals surface area contributed by atoms with E-state index < -0.39 is 11.7 Å². The molecule has 0 atom stereocenters. The van der Waals surface area contributed by atoms with Gasteiger partial charge in [-0.1, -0.05) is 15.9 Å². The van der Waals surface area contributed by atoms with Gasteiger partial charge in [-0.15, -0.1) is 0 Å². The highest BCUT2D eigenvalue weighted by molar-refractivity contribution is 9.10. The molecule has 1 aromatic carbocycles. The molecule has 0 saturated heterocycles. The Bertz CT molecular complexity index is 427. The summed E-state index contributed by atoms with van der Waals surface area (Å²) in [4.78, 5) is 13.7. The summed E-state index contributed by atoms with van der Waals surface area (Å²) in [5.41, 5.74) is 0.0384. The first-order chi connectivity index (χ1) is 9.00. The maximum atomic E-state index is 13.5. The van der Waals surface area contributed by atoms with Crippen molar-refractivity contribution in [1.82, 2.24) is 10.2 Å². The molecule has 0 fully saturated rings. The van der Waals surface area contributed by atoms with Crippen molar-refractivity contribution >= 4 is 21.8 Å². The normalized spacial score (nSPS) is 10.8. The number of amides is 1. The molecular formula is C13H18BrFN2O2. The molecule has 0 unspecified atom stereocenters. The summed E-state index contributed by atoms with van der Waals surface area (Å²) in [6, 6.07) is 4.34. The summed E-state index contributed by atoms with van der Waals surface area (Å²) in [5.74, 6) is -0.971. The molecule has 6 heteroatoms. The Morgan fingerprint density at radius 3 is 2.79 bits per heavy atom. The van der Waals surface area contributed by atoms with E-state index in [1.165, 1.54) is 12.1 Å². The molecule has 19 heavy (non-hydrogen) atoms. The van der Waals surface area contributed by atoms with E-state index in [0.717, 1.165) is 6.54 Å². The molecule has 0 aromatic heterocycles. The maximum Gasteiger partial charge on any atom is 0.254 e. The van der Waals surface area contributed by atoms with Crippen molar-refractivity contribution in [3.63, 3.8) is 0 Å². The average molecular weight is 333 g/mol. The van der Waals surface area contributed by atoms with E-state index in [9.17, 15) is 9.18 Å². The molecule has 1 amide bonds. The van der Waals surface area contributed by atoms with Crippen LogP contribution in [-0.2, 0) is 4.74 Å². The second kappa shape index (κ2) is 8.24. The largest absolute Gasteiger partial charge is 0.378 e. The van der Waals surface area contributed by atoms with Gasteiger partial charge in [-0.2, -0.15) is 0 Å². The third-order valence-corrected chi connectivity index (χ3v) is 2.88. The number of ether oxygens (including phenoxy) is 1. The van der Waals surface area contributed by atoms with Crippen molar-refractivity contribution in [3.8, 4) is 0 Å². The Labute approximate surface area is 121 Å². The van der Waals surface area contributed by atoms with Crippen LogP contribution in [0.4, 0.5) is 4.39 Å². The lowest BCUT2D eigenvalue weighted by molar-refractivity contribution is 0.0896. The van der Waals surface area contributed by atoms with Gasteiger partial charge >= 0.3 is 0 Å². The van der Waals surface area contributed by atoms with E-state index in [4.69, 9.17) is 4.74 Å². The summed E-state index contributed by atoms with van der Waals surface area (Å²) in [7, 11) is 3.92. The third-order valence-electron chi connectivity index (χ3n) is 2.39. The van der Waals surface area contributed by atoms with Crippen LogP contribution in [-0.4, -0.2) is 51.2 Å². The standard InChI is InChI=1S/C13H18BrFN2O2/c1-17(2)6-8-19-7-5-16-13(18)11-4-3-10(14)9-12(11)15/h3-4,9H,5-8H2,1-2H3,(H,16,18). The van der Waals surface area contributed by atoms with Gasteiger partial charge in [0.05, 0.1) is 18.8 Å². The second-order valence-corrected chi connectivity index (χ2v) is 5.21. The molecule has 0 spiro atoms. The molecular weight excluding hydrogens is 315 g/mol. The second-order valence-electron chi connectivity index (χ2n) is 4.30. The Hall–Kier alpha value is -0.980. The topological polar surface area (TPSA) is 41.6 Å². The van der Waals surface area contributed by atoms with Crippen LogP contribution >= 0.6 is 15.9 Å². The number of halogens is 2. The van der Waals surface area contributed by atoms with Crippen molar-refractivity contribution in [2.45, 2.75) is 0 Å². The molecule has 0 heterocycles. The van der Waals surface area contributed by atoms with Crippen molar-refractivity contribution in [2.24, 2.45) is 0 Å². The Morgan fingerprint density at radius 2 is 2.16 bits per heavy atom. The third kappa shape index (κ3) is 6.13. The highest BCUT2D eigenvalue weighted by atomic mass is 79.9. The fourth-order valence-corrected chi connectivity index (χ4v) is 1.69. The highest BCUT2D eigenvalue weighted by Crippen LogP contribution is 2.14. The van der Waals surface area contributed by atoms with Gasteiger partial charge in [0.2, 0.25) is 0 Å². The van der Waals surface area contributed by atoms with Crippen LogP contribution < -0.4 is 5.32 Å². The highest BCUT2D eigenvalue weighted by Gasteiger charge is 2.10. The molecule has 1 aromatic rings. The van der Waals surface area contributed by atoms with Gasteiger partial charge in [-0.3, -0.25) is 4.79 Å². The molecule has 0 bridgehead atoms. The van der Waals surface area contributed by atoms with Gasteiger partial charge in [0, 0.05) is 17.6 Å². The molecule has 1 N–H and O–H groups in total. The maximum absolute atomic E-state index is 13.5. The zero-order valence-corrected chi connectivity index (χ0v) is 12.7. The first-order valence-electron chi connectivity index (χ1n) is 5.96. The van der Waals surface area contributed by atoms with Crippen LogP contribution in [0.25, 0.3) is 0 Å². The van der Waals surface area contributed by atoms with Crippen molar-refractivity contribution in [3.05, 3.63) is 34.1 Å².